The lowest BCUT2D eigenvalue weighted by Gasteiger charge is -2.06. The van der Waals surface area contributed by atoms with E-state index in [4.69, 9.17) is 0 Å². The molecule has 1 saturated heterocycles. The molecule has 1 aliphatic rings. The van der Waals surface area contributed by atoms with Crippen LogP contribution in [0, 0.1) is 0 Å². The molecule has 4 heteroatoms. The van der Waals surface area contributed by atoms with E-state index in [1.807, 2.05) is 0 Å². The van der Waals surface area contributed by atoms with Gasteiger partial charge in [-0.1, -0.05) is 22.6 Å². The molecule has 0 radical (unpaired) electrons. The highest BCUT2D eigenvalue weighted by Gasteiger charge is 2.26. The minimum Gasteiger partial charge on any atom is -0.446 e. The van der Waals surface area contributed by atoms with Crippen molar-refractivity contribution in [2.45, 2.75) is 4.05 Å². The first kappa shape index (κ1) is 6.12. The fourth-order valence-corrected chi connectivity index (χ4v) is 0.875. The Bertz CT molecular complexity index is 117. The molecule has 1 unspecified atom stereocenters. The monoisotopic (exact) mass is 227 g/mol. The minimum absolute atomic E-state index is 0.218. The summed E-state index contributed by atoms with van der Waals surface area (Å²) in [4.78, 5) is 12.1. The molecule has 1 atom stereocenters. The average molecular weight is 227 g/mol. The number of ether oxygens (including phenoxy) is 1. The van der Waals surface area contributed by atoms with Gasteiger partial charge >= 0.3 is 6.09 Å². The second-order valence-electron chi connectivity index (χ2n) is 1.62. The second kappa shape index (κ2) is 2.08. The molecule has 0 N–H and O–H groups in total. The molecule has 46 valence electrons. The highest BCUT2D eigenvalue weighted by molar-refractivity contribution is 14.1. The van der Waals surface area contributed by atoms with Gasteiger partial charge in [0, 0.05) is 7.05 Å². The lowest BCUT2D eigenvalue weighted by Crippen LogP contribution is -2.23. The normalized spacial score (nSPS) is 28.5. The lowest BCUT2D eigenvalue weighted by atomic mass is 10.7. The van der Waals surface area contributed by atoms with Crippen LogP contribution in [0.4, 0.5) is 4.79 Å². The van der Waals surface area contributed by atoms with Crippen LogP contribution in [-0.4, -0.2) is 28.7 Å². The van der Waals surface area contributed by atoms with Crippen LogP contribution >= 0.6 is 22.6 Å². The van der Waals surface area contributed by atoms with E-state index in [1.165, 1.54) is 0 Å². The molecule has 0 spiro atoms. The van der Waals surface area contributed by atoms with E-state index in [-0.39, 0.29) is 10.1 Å². The van der Waals surface area contributed by atoms with Crippen LogP contribution in [0.3, 0.4) is 0 Å². The van der Waals surface area contributed by atoms with Crippen molar-refractivity contribution in [1.82, 2.24) is 4.90 Å². The van der Waals surface area contributed by atoms with Crippen LogP contribution in [0.5, 0.6) is 0 Å². The van der Waals surface area contributed by atoms with E-state index in [2.05, 4.69) is 27.3 Å². The number of hydrogen-bond donors (Lipinski definition) is 0. The van der Waals surface area contributed by atoms with Gasteiger partial charge in [-0.15, -0.1) is 0 Å². The quantitative estimate of drug-likeness (QED) is 0.348. The summed E-state index contributed by atoms with van der Waals surface area (Å²) >= 11 is 2.15. The molecule has 0 aromatic rings. The van der Waals surface area contributed by atoms with Gasteiger partial charge in [-0.05, 0) is 0 Å². The number of amides is 1. The second-order valence-corrected chi connectivity index (χ2v) is 3.06. The third kappa shape index (κ3) is 0.888. The van der Waals surface area contributed by atoms with Crippen molar-refractivity contribution < 1.29 is 9.53 Å². The highest BCUT2D eigenvalue weighted by atomic mass is 127. The molecule has 0 aromatic carbocycles. The molecule has 1 aliphatic heterocycles. The fourth-order valence-electron chi connectivity index (χ4n) is 0.468. The van der Waals surface area contributed by atoms with Crippen LogP contribution in [0.2, 0.25) is 0 Å². The van der Waals surface area contributed by atoms with Crippen molar-refractivity contribution in [3.05, 3.63) is 0 Å². The molecule has 1 amide bonds. The molecule has 0 saturated carbocycles. The Labute approximate surface area is 61.1 Å². The standard InChI is InChI=1S/C4H6INO2/c1-6-3(5)2-8-4(6)7/h3H,2H2,1H3. The zero-order valence-corrected chi connectivity index (χ0v) is 6.58. The van der Waals surface area contributed by atoms with Gasteiger partial charge in [0.25, 0.3) is 0 Å². The maximum Gasteiger partial charge on any atom is 0.410 e. The van der Waals surface area contributed by atoms with Crippen molar-refractivity contribution in [3.8, 4) is 0 Å². The molecule has 1 fully saturated rings. The van der Waals surface area contributed by atoms with E-state index in [1.54, 1.807) is 11.9 Å². The summed E-state index contributed by atoms with van der Waals surface area (Å²) < 4.78 is 4.88. The molecular weight excluding hydrogens is 221 g/mol. The van der Waals surface area contributed by atoms with Crippen molar-refractivity contribution >= 4 is 28.7 Å². The summed E-state index contributed by atoms with van der Waals surface area (Å²) in [7, 11) is 1.73. The predicted octanol–water partition coefficient (Wildman–Crippen LogP) is 0.830. The Hall–Kier alpha value is 0. The van der Waals surface area contributed by atoms with Gasteiger partial charge in [0.15, 0.2) is 0 Å². The van der Waals surface area contributed by atoms with E-state index in [9.17, 15) is 4.79 Å². The molecule has 0 bridgehead atoms. The number of cyclic esters (lactones) is 1. The van der Waals surface area contributed by atoms with Crippen LogP contribution in [0.15, 0.2) is 0 Å². The maximum atomic E-state index is 10.5. The van der Waals surface area contributed by atoms with Crippen LogP contribution in [0.25, 0.3) is 0 Å². The molecule has 8 heavy (non-hydrogen) atoms. The maximum absolute atomic E-state index is 10.5. The summed E-state index contributed by atoms with van der Waals surface area (Å²) in [5.74, 6) is 0. The van der Waals surface area contributed by atoms with E-state index in [0.29, 0.717) is 6.61 Å². The fraction of sp³-hybridized carbons (Fsp3) is 0.750. The predicted molar refractivity (Wildman–Crippen MR) is 36.9 cm³/mol. The van der Waals surface area contributed by atoms with Gasteiger partial charge in [0.2, 0.25) is 0 Å². The SMILES string of the molecule is CN1C(=O)OCC1I. The van der Waals surface area contributed by atoms with Crippen molar-refractivity contribution in [2.75, 3.05) is 13.7 Å². The molecule has 1 heterocycles. The Kier molecular flexibility index (Phi) is 1.59. The third-order valence-electron chi connectivity index (χ3n) is 1.05. The van der Waals surface area contributed by atoms with E-state index >= 15 is 0 Å². The van der Waals surface area contributed by atoms with Gasteiger partial charge in [0.05, 0.1) is 0 Å². The molecule has 1 rings (SSSR count). The van der Waals surface area contributed by atoms with Crippen LogP contribution in [-0.2, 0) is 4.74 Å². The van der Waals surface area contributed by atoms with E-state index in [0.717, 1.165) is 0 Å². The summed E-state index contributed by atoms with van der Waals surface area (Å²) in [6, 6.07) is 0. The topological polar surface area (TPSA) is 29.5 Å². The zero-order chi connectivity index (χ0) is 6.15. The average Bonchev–Trinajstić information content (AvgIpc) is 1.98. The van der Waals surface area contributed by atoms with Gasteiger partial charge in [-0.2, -0.15) is 0 Å². The lowest BCUT2D eigenvalue weighted by molar-refractivity contribution is 0.163. The zero-order valence-electron chi connectivity index (χ0n) is 4.43. The first-order chi connectivity index (χ1) is 3.72. The number of carbonyl (C=O) groups is 1. The van der Waals surface area contributed by atoms with E-state index < -0.39 is 0 Å². The first-order valence-corrected chi connectivity index (χ1v) is 3.50. The Morgan fingerprint density at radius 3 is 2.75 bits per heavy atom. The van der Waals surface area contributed by atoms with Gasteiger partial charge in [0.1, 0.15) is 10.7 Å². The number of nitrogens with zero attached hydrogens (tertiary/aromatic N) is 1. The van der Waals surface area contributed by atoms with Crippen molar-refractivity contribution in [3.63, 3.8) is 0 Å². The van der Waals surface area contributed by atoms with Gasteiger partial charge < -0.3 is 4.74 Å². The Balaban J connectivity index is 2.56. The number of rotatable bonds is 0. The van der Waals surface area contributed by atoms with Crippen molar-refractivity contribution in [1.29, 1.82) is 0 Å². The first-order valence-electron chi connectivity index (χ1n) is 2.25. The van der Waals surface area contributed by atoms with Crippen molar-refractivity contribution in [2.24, 2.45) is 0 Å². The number of likely N-dealkylation sites (N-methyl/N-ethyl adjacent to an activating group) is 1. The summed E-state index contributed by atoms with van der Waals surface area (Å²) in [5, 5.41) is 0. The largest absolute Gasteiger partial charge is 0.446 e. The number of carbonyl (C=O) groups excluding carboxylic acids is 1. The molecular formula is C4H6INO2. The molecule has 0 aromatic heterocycles. The highest BCUT2D eigenvalue weighted by Crippen LogP contribution is 2.14. The van der Waals surface area contributed by atoms with Gasteiger partial charge in [-0.25, -0.2) is 4.79 Å². The summed E-state index contributed by atoms with van der Waals surface area (Å²) in [5.41, 5.74) is 0. The number of halogens is 1. The van der Waals surface area contributed by atoms with Gasteiger partial charge in [-0.3, -0.25) is 4.90 Å². The summed E-state index contributed by atoms with van der Waals surface area (Å²) in [6.07, 6.45) is -0.218. The Morgan fingerprint density at radius 2 is 2.62 bits per heavy atom. The molecule has 0 aliphatic carbocycles. The smallest absolute Gasteiger partial charge is 0.410 e. The van der Waals surface area contributed by atoms with Crippen LogP contribution < -0.4 is 0 Å². The third-order valence-corrected chi connectivity index (χ3v) is 2.25. The summed E-state index contributed by atoms with van der Waals surface area (Å²) in [6.45, 7) is 0.524. The van der Waals surface area contributed by atoms with Crippen LogP contribution in [0.1, 0.15) is 0 Å². The Morgan fingerprint density at radius 1 is 2.00 bits per heavy atom. The molecule has 3 nitrogen and oxygen atoms in total. The number of hydrogen-bond acceptors (Lipinski definition) is 2. The number of alkyl halides is 1. The minimum atomic E-state index is -0.218.